The molecular formula is C12H20N4O4. The quantitative estimate of drug-likeness (QED) is 0.421. The summed E-state index contributed by atoms with van der Waals surface area (Å²) in [7, 11) is 1.34. The molecule has 0 spiro atoms. The number of nitro groups is 1. The zero-order valence-corrected chi connectivity index (χ0v) is 12.2. The van der Waals surface area contributed by atoms with Gasteiger partial charge in [-0.05, 0) is 18.8 Å². The third-order valence-corrected chi connectivity index (χ3v) is 3.12. The first kappa shape index (κ1) is 16.1. The molecule has 0 unspecified atom stereocenters. The van der Waals surface area contributed by atoms with Gasteiger partial charge >= 0.3 is 11.8 Å². The number of carbonyl (C=O) groups is 1. The van der Waals surface area contributed by atoms with Crippen LogP contribution in [0.3, 0.4) is 0 Å². The molecule has 1 heterocycles. The minimum atomic E-state index is -0.458. The Balaban J connectivity index is 2.75. The van der Waals surface area contributed by atoms with Crippen molar-refractivity contribution in [1.29, 1.82) is 0 Å². The van der Waals surface area contributed by atoms with Crippen LogP contribution in [0.25, 0.3) is 0 Å². The fraction of sp³-hybridized carbons (Fsp3) is 0.667. The Morgan fingerprint density at radius 1 is 1.60 bits per heavy atom. The maximum Gasteiger partial charge on any atom is 0.342 e. The van der Waals surface area contributed by atoms with E-state index in [2.05, 4.69) is 9.72 Å². The lowest BCUT2D eigenvalue weighted by atomic mass is 10.3. The Morgan fingerprint density at radius 2 is 2.25 bits per heavy atom. The Hall–Kier alpha value is -1.96. The van der Waals surface area contributed by atoms with E-state index in [1.165, 1.54) is 17.9 Å². The van der Waals surface area contributed by atoms with Gasteiger partial charge < -0.3 is 14.9 Å². The molecule has 0 saturated heterocycles. The molecule has 20 heavy (non-hydrogen) atoms. The molecule has 0 radical (unpaired) electrons. The molecule has 0 amide bonds. The highest BCUT2D eigenvalue weighted by Gasteiger charge is 2.20. The third kappa shape index (κ3) is 4.02. The number of hydrogen-bond acceptors (Lipinski definition) is 6. The van der Waals surface area contributed by atoms with Crippen molar-refractivity contribution in [1.82, 2.24) is 14.5 Å². The maximum absolute atomic E-state index is 11.3. The standard InChI is InChI=1S/C12H20N4O4/c1-9(2)14(8-12(17)20-4)5-6-15-10(3)13-7-11(15)16(18)19/h7,9H,5-6,8H2,1-4H3. The van der Waals surface area contributed by atoms with Gasteiger partial charge in [0.15, 0.2) is 5.82 Å². The van der Waals surface area contributed by atoms with Crippen LogP contribution < -0.4 is 0 Å². The summed E-state index contributed by atoms with van der Waals surface area (Å²) in [6.07, 6.45) is 1.25. The van der Waals surface area contributed by atoms with Crippen molar-refractivity contribution >= 4 is 11.8 Å². The predicted molar refractivity (Wildman–Crippen MR) is 72.3 cm³/mol. The lowest BCUT2D eigenvalue weighted by Gasteiger charge is -2.24. The number of aromatic nitrogens is 2. The summed E-state index contributed by atoms with van der Waals surface area (Å²) >= 11 is 0. The molecule has 8 nitrogen and oxygen atoms in total. The minimum absolute atomic E-state index is 0.0377. The van der Waals surface area contributed by atoms with E-state index in [1.54, 1.807) is 6.92 Å². The van der Waals surface area contributed by atoms with E-state index in [0.717, 1.165) is 0 Å². The number of nitrogens with zero attached hydrogens (tertiary/aromatic N) is 4. The number of imidazole rings is 1. The molecule has 1 aromatic rings. The van der Waals surface area contributed by atoms with Crippen molar-refractivity contribution in [3.8, 4) is 0 Å². The van der Waals surface area contributed by atoms with E-state index in [9.17, 15) is 14.9 Å². The van der Waals surface area contributed by atoms with Gasteiger partial charge in [-0.2, -0.15) is 0 Å². The van der Waals surface area contributed by atoms with Gasteiger partial charge in [-0.3, -0.25) is 9.69 Å². The molecule has 0 N–H and O–H groups in total. The number of ether oxygens (including phenoxy) is 1. The molecule has 0 aromatic carbocycles. The van der Waals surface area contributed by atoms with Crippen LogP contribution in [0.2, 0.25) is 0 Å². The Morgan fingerprint density at radius 3 is 2.75 bits per heavy atom. The zero-order chi connectivity index (χ0) is 15.3. The van der Waals surface area contributed by atoms with Gasteiger partial charge in [-0.15, -0.1) is 0 Å². The van der Waals surface area contributed by atoms with Gasteiger partial charge in [0.05, 0.1) is 13.7 Å². The van der Waals surface area contributed by atoms with E-state index < -0.39 is 4.92 Å². The van der Waals surface area contributed by atoms with E-state index in [0.29, 0.717) is 18.9 Å². The fourth-order valence-electron chi connectivity index (χ4n) is 1.86. The number of rotatable bonds is 7. The second kappa shape index (κ2) is 6.99. The van der Waals surface area contributed by atoms with Gasteiger partial charge in [-0.25, -0.2) is 9.55 Å². The Kier molecular flexibility index (Phi) is 5.63. The number of carbonyl (C=O) groups excluding carboxylic acids is 1. The molecule has 0 fully saturated rings. The molecule has 1 aromatic heterocycles. The predicted octanol–water partition coefficient (Wildman–Crippen LogP) is 0.983. The van der Waals surface area contributed by atoms with Gasteiger partial charge in [-0.1, -0.05) is 0 Å². The van der Waals surface area contributed by atoms with Crippen LogP contribution in [0, 0.1) is 17.0 Å². The van der Waals surface area contributed by atoms with Crippen LogP contribution in [-0.4, -0.2) is 51.6 Å². The van der Waals surface area contributed by atoms with Gasteiger partial charge in [0.25, 0.3) is 0 Å². The highest BCUT2D eigenvalue weighted by molar-refractivity contribution is 5.71. The van der Waals surface area contributed by atoms with Crippen LogP contribution >= 0.6 is 0 Å². The van der Waals surface area contributed by atoms with Gasteiger partial charge in [0, 0.05) is 19.5 Å². The monoisotopic (exact) mass is 284 g/mol. The zero-order valence-electron chi connectivity index (χ0n) is 12.2. The molecule has 0 saturated carbocycles. The minimum Gasteiger partial charge on any atom is -0.468 e. The third-order valence-electron chi connectivity index (χ3n) is 3.12. The molecule has 0 bridgehead atoms. The highest BCUT2D eigenvalue weighted by atomic mass is 16.6. The topological polar surface area (TPSA) is 90.5 Å². The summed E-state index contributed by atoms with van der Waals surface area (Å²) in [6.45, 7) is 6.70. The average Bonchev–Trinajstić information content (AvgIpc) is 2.75. The van der Waals surface area contributed by atoms with Gasteiger partial charge in [0.2, 0.25) is 0 Å². The van der Waals surface area contributed by atoms with Crippen LogP contribution in [0.5, 0.6) is 0 Å². The second-order valence-corrected chi connectivity index (χ2v) is 4.71. The summed E-state index contributed by atoms with van der Waals surface area (Å²) in [4.78, 5) is 27.6. The first-order valence-electron chi connectivity index (χ1n) is 6.34. The van der Waals surface area contributed by atoms with Gasteiger partial charge in [0.1, 0.15) is 12.7 Å². The van der Waals surface area contributed by atoms with Crippen molar-refractivity contribution in [3.05, 3.63) is 22.1 Å². The van der Waals surface area contributed by atoms with Crippen molar-refractivity contribution in [2.45, 2.75) is 33.4 Å². The maximum atomic E-state index is 11.3. The molecule has 0 aliphatic heterocycles. The first-order chi connectivity index (χ1) is 9.36. The lowest BCUT2D eigenvalue weighted by Crippen LogP contribution is -2.38. The fourth-order valence-corrected chi connectivity index (χ4v) is 1.86. The Bertz CT molecular complexity index is 484. The molecule has 8 heteroatoms. The Labute approximate surface area is 117 Å². The number of methoxy groups -OCH3 is 1. The number of esters is 1. The molecule has 0 atom stereocenters. The SMILES string of the molecule is COC(=O)CN(CCn1c([N+](=O)[O-])cnc1C)C(C)C. The van der Waals surface area contributed by atoms with E-state index >= 15 is 0 Å². The molecule has 0 aliphatic carbocycles. The van der Waals surface area contributed by atoms with Crippen molar-refractivity contribution in [2.75, 3.05) is 20.2 Å². The first-order valence-corrected chi connectivity index (χ1v) is 6.34. The largest absolute Gasteiger partial charge is 0.468 e. The smallest absolute Gasteiger partial charge is 0.342 e. The van der Waals surface area contributed by atoms with Crippen LogP contribution in [0.4, 0.5) is 5.82 Å². The van der Waals surface area contributed by atoms with Crippen molar-refractivity contribution in [3.63, 3.8) is 0 Å². The molecule has 112 valence electrons. The normalized spacial score (nSPS) is 11.1. The second-order valence-electron chi connectivity index (χ2n) is 4.71. The highest BCUT2D eigenvalue weighted by Crippen LogP contribution is 2.13. The summed E-state index contributed by atoms with van der Waals surface area (Å²) in [5.41, 5.74) is 0. The number of hydrogen-bond donors (Lipinski definition) is 0. The van der Waals surface area contributed by atoms with E-state index in [4.69, 9.17) is 0 Å². The molecule has 0 aliphatic rings. The lowest BCUT2D eigenvalue weighted by molar-refractivity contribution is -0.392. The van der Waals surface area contributed by atoms with Crippen molar-refractivity contribution in [2.24, 2.45) is 0 Å². The van der Waals surface area contributed by atoms with E-state index in [1.807, 2.05) is 18.7 Å². The molecule has 1 rings (SSSR count). The summed E-state index contributed by atoms with van der Waals surface area (Å²) in [5, 5.41) is 10.9. The summed E-state index contributed by atoms with van der Waals surface area (Å²) < 4.78 is 6.18. The average molecular weight is 284 g/mol. The van der Waals surface area contributed by atoms with Crippen LogP contribution in [-0.2, 0) is 16.1 Å². The van der Waals surface area contributed by atoms with Crippen molar-refractivity contribution < 1.29 is 14.5 Å². The number of aryl methyl sites for hydroxylation is 1. The molecular weight excluding hydrogens is 264 g/mol. The summed E-state index contributed by atoms with van der Waals surface area (Å²) in [5.74, 6) is 0.221. The van der Waals surface area contributed by atoms with E-state index in [-0.39, 0.29) is 24.4 Å². The van der Waals surface area contributed by atoms with Crippen LogP contribution in [0.1, 0.15) is 19.7 Å². The summed E-state index contributed by atoms with van der Waals surface area (Å²) in [6, 6.07) is 0.136. The van der Waals surface area contributed by atoms with Crippen LogP contribution in [0.15, 0.2) is 6.20 Å².